The topological polar surface area (TPSA) is 140 Å². The van der Waals surface area contributed by atoms with Gasteiger partial charge in [0.25, 0.3) is 0 Å². The van der Waals surface area contributed by atoms with Gasteiger partial charge in [-0.05, 0) is 57.1 Å². The highest BCUT2D eigenvalue weighted by Crippen LogP contribution is 2.41. The van der Waals surface area contributed by atoms with E-state index in [1.165, 1.54) is 0 Å². The van der Waals surface area contributed by atoms with Crippen LogP contribution in [0.2, 0.25) is 0 Å². The van der Waals surface area contributed by atoms with Gasteiger partial charge in [0, 0.05) is 56.5 Å². The van der Waals surface area contributed by atoms with Gasteiger partial charge >= 0.3 is 13.2 Å². The van der Waals surface area contributed by atoms with Gasteiger partial charge in [-0.3, -0.25) is 4.79 Å². The fourth-order valence-electron chi connectivity index (χ4n) is 5.41. The Morgan fingerprint density at radius 3 is 2.51 bits per heavy atom. The molecule has 3 heterocycles. The van der Waals surface area contributed by atoms with Crippen molar-refractivity contribution in [1.82, 2.24) is 20.2 Å². The van der Waals surface area contributed by atoms with Crippen molar-refractivity contribution in [3.8, 4) is 0 Å². The van der Waals surface area contributed by atoms with E-state index in [1.807, 2.05) is 20.8 Å². The molecule has 0 radical (unpaired) electrons. The molecule has 2 amide bonds. The molecule has 4 rings (SSSR count). The van der Waals surface area contributed by atoms with Crippen LogP contribution in [0.25, 0.3) is 10.9 Å². The summed E-state index contributed by atoms with van der Waals surface area (Å²) >= 11 is 0. The predicted molar refractivity (Wildman–Crippen MR) is 152 cm³/mol. The number of ether oxygens (including phenoxy) is 1. The minimum absolute atomic E-state index is 0.0364. The monoisotopic (exact) mass is 540 g/mol. The van der Waals surface area contributed by atoms with E-state index in [0.717, 1.165) is 24.8 Å². The van der Waals surface area contributed by atoms with Crippen LogP contribution in [0.15, 0.2) is 18.2 Å². The molecule has 2 aliphatic heterocycles. The maximum absolute atomic E-state index is 12.5. The Morgan fingerprint density at radius 1 is 1.18 bits per heavy atom. The normalized spacial score (nSPS) is 17.4. The number of rotatable bonds is 8. The number of carbonyl (C=O) groups is 2. The number of carbonyl (C=O) groups excluding carboxylic acids is 2. The summed E-state index contributed by atoms with van der Waals surface area (Å²) < 4.78 is 5.52. The zero-order valence-corrected chi connectivity index (χ0v) is 23.8. The van der Waals surface area contributed by atoms with Gasteiger partial charge in [-0.1, -0.05) is 19.9 Å². The molecule has 2 aliphatic rings. The second-order valence-corrected chi connectivity index (χ2v) is 12.4. The van der Waals surface area contributed by atoms with E-state index in [2.05, 4.69) is 29.4 Å². The lowest BCUT2D eigenvalue weighted by atomic mass is 9.79. The third-order valence-electron chi connectivity index (χ3n) is 7.24. The van der Waals surface area contributed by atoms with Crippen LogP contribution in [0.1, 0.15) is 53.9 Å². The minimum atomic E-state index is -1.62. The summed E-state index contributed by atoms with van der Waals surface area (Å²) in [5, 5.41) is 26.4. The molecule has 0 aliphatic carbocycles. The molecule has 1 aromatic carbocycles. The summed E-state index contributed by atoms with van der Waals surface area (Å²) in [6.07, 6.45) is 1.69. The highest BCUT2D eigenvalue weighted by Gasteiger charge is 2.50. The Kier molecular flexibility index (Phi) is 8.27. The van der Waals surface area contributed by atoms with Gasteiger partial charge in [-0.25, -0.2) is 9.78 Å². The molecule has 2 fully saturated rings. The average molecular weight is 540 g/mol. The van der Waals surface area contributed by atoms with Crippen molar-refractivity contribution in [3.63, 3.8) is 0 Å². The number of aromatic nitrogens is 2. The molecule has 1 spiro atoms. The molecule has 212 valence electrons. The molecule has 2 aromatic rings. The quantitative estimate of drug-likeness (QED) is 0.369. The van der Waals surface area contributed by atoms with Crippen molar-refractivity contribution in [3.05, 3.63) is 18.2 Å². The summed E-state index contributed by atoms with van der Waals surface area (Å²) in [6, 6.07) is 4.94. The van der Waals surface area contributed by atoms with Crippen molar-refractivity contribution < 1.29 is 24.4 Å². The smallest absolute Gasteiger partial charge is 0.444 e. The molecule has 11 nitrogen and oxygen atoms in total. The standard InChI is InChI=1S/C27H41BN6O5/c1-17(2)11-19(13-22(35)29-6)30-23-20-8-7-18(28(37)38)12-21(20)31-24(32-23)33-10-9-27(14-33)15-34(16-27)25(36)39-26(3,4)5/h7-8,12,17,19,37-38H,9-11,13-16H2,1-6H3,(H,29,35)(H,30,31,32)/t19-/m0/s1. The maximum atomic E-state index is 12.5. The summed E-state index contributed by atoms with van der Waals surface area (Å²) in [5.41, 5.74) is 0.356. The van der Waals surface area contributed by atoms with Gasteiger partial charge in [0.05, 0.1) is 5.52 Å². The summed E-state index contributed by atoms with van der Waals surface area (Å²) in [7, 11) is 0.0116. The average Bonchev–Trinajstić information content (AvgIpc) is 3.27. The Bertz CT molecular complexity index is 1210. The van der Waals surface area contributed by atoms with Crippen LogP contribution >= 0.6 is 0 Å². The first-order valence-corrected chi connectivity index (χ1v) is 13.7. The first-order valence-electron chi connectivity index (χ1n) is 13.7. The van der Waals surface area contributed by atoms with Gasteiger partial charge < -0.3 is 35.2 Å². The second-order valence-electron chi connectivity index (χ2n) is 12.4. The number of amides is 2. The van der Waals surface area contributed by atoms with Gasteiger partial charge in [-0.2, -0.15) is 4.98 Å². The Balaban J connectivity index is 1.59. The first kappa shape index (κ1) is 28.9. The number of anilines is 2. The number of hydrogen-bond acceptors (Lipinski definition) is 9. The van der Waals surface area contributed by atoms with Crippen LogP contribution in [0.5, 0.6) is 0 Å². The SMILES string of the molecule is CNC(=O)C[C@H](CC(C)C)Nc1nc(N2CCC3(CN(C(=O)OC(C)(C)C)C3)C2)nc2cc(B(O)O)ccc12. The van der Waals surface area contributed by atoms with Crippen LogP contribution in [0.3, 0.4) is 0 Å². The number of hydrogen-bond donors (Lipinski definition) is 4. The molecule has 0 bridgehead atoms. The summed E-state index contributed by atoms with van der Waals surface area (Å²) in [6.45, 7) is 12.5. The lowest BCUT2D eigenvalue weighted by molar-refractivity contribution is -0.120. The van der Waals surface area contributed by atoms with E-state index >= 15 is 0 Å². The van der Waals surface area contributed by atoms with E-state index in [-0.39, 0.29) is 23.5 Å². The van der Waals surface area contributed by atoms with E-state index in [1.54, 1.807) is 30.1 Å². The highest BCUT2D eigenvalue weighted by molar-refractivity contribution is 6.58. The third kappa shape index (κ3) is 6.91. The fourth-order valence-corrected chi connectivity index (χ4v) is 5.41. The van der Waals surface area contributed by atoms with Crippen LogP contribution < -0.4 is 21.0 Å². The van der Waals surface area contributed by atoms with E-state index < -0.39 is 12.7 Å². The zero-order valence-electron chi connectivity index (χ0n) is 23.8. The van der Waals surface area contributed by atoms with Gasteiger partial charge in [0.1, 0.15) is 11.4 Å². The largest absolute Gasteiger partial charge is 0.488 e. The molecule has 1 aromatic heterocycles. The summed E-state index contributed by atoms with van der Waals surface area (Å²) in [5.74, 6) is 1.44. The van der Waals surface area contributed by atoms with Gasteiger partial charge in [0.2, 0.25) is 11.9 Å². The maximum Gasteiger partial charge on any atom is 0.488 e. The molecular formula is C27H41BN6O5. The van der Waals surface area contributed by atoms with E-state index in [9.17, 15) is 19.6 Å². The third-order valence-corrected chi connectivity index (χ3v) is 7.24. The Labute approximate surface area is 230 Å². The molecule has 4 N–H and O–H groups in total. The van der Waals surface area contributed by atoms with Crippen molar-refractivity contribution in [2.24, 2.45) is 11.3 Å². The molecule has 0 saturated carbocycles. The van der Waals surface area contributed by atoms with Crippen molar-refractivity contribution >= 4 is 47.3 Å². The number of fused-ring (bicyclic) bond motifs is 1. The highest BCUT2D eigenvalue weighted by atomic mass is 16.6. The number of nitrogens with one attached hydrogen (secondary N) is 2. The lowest BCUT2D eigenvalue weighted by Crippen LogP contribution is -2.60. The second kappa shape index (κ2) is 11.2. The molecule has 39 heavy (non-hydrogen) atoms. The van der Waals surface area contributed by atoms with Crippen LogP contribution in [-0.2, 0) is 9.53 Å². The van der Waals surface area contributed by atoms with E-state index in [4.69, 9.17) is 14.7 Å². The van der Waals surface area contributed by atoms with Crippen molar-refractivity contribution in [2.75, 3.05) is 43.4 Å². The van der Waals surface area contributed by atoms with Crippen molar-refractivity contribution in [1.29, 1.82) is 0 Å². The van der Waals surface area contributed by atoms with Gasteiger partial charge in [0.15, 0.2) is 0 Å². The number of benzene rings is 1. The first-order chi connectivity index (χ1) is 18.3. The number of nitrogens with zero attached hydrogens (tertiary/aromatic N) is 4. The van der Waals surface area contributed by atoms with Gasteiger partial charge in [-0.15, -0.1) is 0 Å². The Morgan fingerprint density at radius 2 is 1.90 bits per heavy atom. The van der Waals surface area contributed by atoms with Crippen LogP contribution in [0, 0.1) is 11.3 Å². The molecule has 0 unspecified atom stereocenters. The fraction of sp³-hybridized carbons (Fsp3) is 0.630. The molecule has 1 atom stereocenters. The molecular weight excluding hydrogens is 499 g/mol. The van der Waals surface area contributed by atoms with Crippen molar-refractivity contribution in [2.45, 2.75) is 65.5 Å². The van der Waals surface area contributed by atoms with E-state index in [0.29, 0.717) is 54.7 Å². The zero-order chi connectivity index (χ0) is 28.5. The Hall–Kier alpha value is -3.12. The van der Waals surface area contributed by atoms with Crippen LogP contribution in [0.4, 0.5) is 16.6 Å². The van der Waals surface area contributed by atoms with Crippen LogP contribution in [-0.4, -0.2) is 88.9 Å². The predicted octanol–water partition coefficient (Wildman–Crippen LogP) is 1.72. The lowest BCUT2D eigenvalue weighted by Gasteiger charge is -2.47. The number of likely N-dealkylation sites (tertiary alicyclic amines) is 1. The minimum Gasteiger partial charge on any atom is -0.444 e. The summed E-state index contributed by atoms with van der Waals surface area (Å²) in [4.78, 5) is 38.3. The molecule has 2 saturated heterocycles. The molecule has 12 heteroatoms.